The summed E-state index contributed by atoms with van der Waals surface area (Å²) in [6.45, 7) is 8.76. The highest BCUT2D eigenvalue weighted by Gasteiger charge is 2.23. The van der Waals surface area contributed by atoms with E-state index in [1.54, 1.807) is 0 Å². The summed E-state index contributed by atoms with van der Waals surface area (Å²) < 4.78 is 0. The summed E-state index contributed by atoms with van der Waals surface area (Å²) in [5, 5.41) is 2.81. The highest BCUT2D eigenvalue weighted by molar-refractivity contribution is 7.80. The van der Waals surface area contributed by atoms with Crippen molar-refractivity contribution < 1.29 is 4.79 Å². The maximum absolute atomic E-state index is 11.4. The number of piperazine rings is 1. The molecule has 0 saturated carbocycles. The summed E-state index contributed by atoms with van der Waals surface area (Å²) in [5.74, 6) is 0.100. The van der Waals surface area contributed by atoms with Crippen molar-refractivity contribution in [2.75, 3.05) is 39.3 Å². The van der Waals surface area contributed by atoms with E-state index in [1.807, 2.05) is 13.8 Å². The number of hydrogen-bond acceptors (Lipinski definition) is 4. The highest BCUT2D eigenvalue weighted by Crippen LogP contribution is 2.06. The first kappa shape index (κ1) is 14.3. The minimum Gasteiger partial charge on any atom is -0.392 e. The Kier molecular flexibility index (Phi) is 5.80. The van der Waals surface area contributed by atoms with E-state index in [0.29, 0.717) is 18.1 Å². The maximum atomic E-state index is 11.4. The third-order valence-corrected chi connectivity index (χ3v) is 3.45. The van der Waals surface area contributed by atoms with Crippen molar-refractivity contribution in [2.45, 2.75) is 19.9 Å². The van der Waals surface area contributed by atoms with E-state index in [1.165, 1.54) is 0 Å². The highest BCUT2D eigenvalue weighted by atomic mass is 32.1. The Morgan fingerprint density at radius 3 is 2.47 bits per heavy atom. The smallest absolute Gasteiger partial charge is 0.234 e. The van der Waals surface area contributed by atoms with Gasteiger partial charge in [0.25, 0.3) is 0 Å². The Morgan fingerprint density at radius 1 is 1.41 bits per heavy atom. The molecule has 1 amide bonds. The topological polar surface area (TPSA) is 61.6 Å². The van der Waals surface area contributed by atoms with Gasteiger partial charge in [0.15, 0.2) is 0 Å². The van der Waals surface area contributed by atoms with E-state index in [9.17, 15) is 4.79 Å². The number of rotatable bonds is 5. The van der Waals surface area contributed by atoms with Gasteiger partial charge in [-0.15, -0.1) is 0 Å². The van der Waals surface area contributed by atoms with E-state index >= 15 is 0 Å². The predicted octanol–water partition coefficient (Wildman–Crippen LogP) is -0.585. The van der Waals surface area contributed by atoms with Crippen LogP contribution in [0, 0.1) is 0 Å². The van der Waals surface area contributed by atoms with Crippen LogP contribution in [-0.4, -0.2) is 66.0 Å². The lowest BCUT2D eigenvalue weighted by atomic mass is 10.2. The van der Waals surface area contributed by atoms with Crippen molar-refractivity contribution in [3.05, 3.63) is 0 Å². The van der Waals surface area contributed by atoms with E-state index in [-0.39, 0.29) is 11.9 Å². The summed E-state index contributed by atoms with van der Waals surface area (Å²) >= 11 is 4.99. The molecule has 0 aliphatic carbocycles. The second kappa shape index (κ2) is 6.88. The van der Waals surface area contributed by atoms with Gasteiger partial charge in [0.1, 0.15) is 0 Å². The monoisotopic (exact) mass is 258 g/mol. The van der Waals surface area contributed by atoms with Crippen LogP contribution in [0.5, 0.6) is 0 Å². The standard InChI is InChI=1S/C11H22N4OS/c1-3-13-10(16)8-14-4-6-15(7-5-14)9(2)11(12)17/h9H,3-8H2,1-2H3,(H2,12,17)(H,13,16). The van der Waals surface area contributed by atoms with Gasteiger partial charge < -0.3 is 11.1 Å². The van der Waals surface area contributed by atoms with Gasteiger partial charge in [-0.1, -0.05) is 12.2 Å². The molecule has 98 valence electrons. The molecule has 0 bridgehead atoms. The molecule has 1 heterocycles. The van der Waals surface area contributed by atoms with Gasteiger partial charge in [0, 0.05) is 32.7 Å². The lowest BCUT2D eigenvalue weighted by Crippen LogP contribution is -2.54. The summed E-state index contributed by atoms with van der Waals surface area (Å²) in [5.41, 5.74) is 5.63. The average molecular weight is 258 g/mol. The van der Waals surface area contributed by atoms with Crippen molar-refractivity contribution in [3.63, 3.8) is 0 Å². The van der Waals surface area contributed by atoms with Crippen LogP contribution < -0.4 is 11.1 Å². The SMILES string of the molecule is CCNC(=O)CN1CCN(C(C)C(N)=S)CC1. The molecule has 1 aliphatic heterocycles. The number of amides is 1. The van der Waals surface area contributed by atoms with Gasteiger partial charge in [0.2, 0.25) is 5.91 Å². The van der Waals surface area contributed by atoms with Crippen LogP contribution in [0.15, 0.2) is 0 Å². The van der Waals surface area contributed by atoms with Gasteiger partial charge in [-0.05, 0) is 13.8 Å². The maximum Gasteiger partial charge on any atom is 0.234 e. The Labute approximate surface area is 108 Å². The molecule has 6 heteroatoms. The molecule has 1 saturated heterocycles. The van der Waals surface area contributed by atoms with Crippen LogP contribution in [0.25, 0.3) is 0 Å². The van der Waals surface area contributed by atoms with Gasteiger partial charge >= 0.3 is 0 Å². The number of nitrogens with zero attached hydrogens (tertiary/aromatic N) is 2. The lowest BCUT2D eigenvalue weighted by Gasteiger charge is -2.37. The number of likely N-dealkylation sites (N-methyl/N-ethyl adjacent to an activating group) is 1. The third-order valence-electron chi connectivity index (χ3n) is 3.11. The minimum absolute atomic E-state index is 0.100. The zero-order valence-electron chi connectivity index (χ0n) is 10.6. The molecular formula is C11H22N4OS. The molecule has 0 radical (unpaired) electrons. The quantitative estimate of drug-likeness (QED) is 0.646. The average Bonchev–Trinajstić information content (AvgIpc) is 2.29. The van der Waals surface area contributed by atoms with Gasteiger partial charge in [-0.3, -0.25) is 14.6 Å². The first-order valence-corrected chi connectivity index (χ1v) is 6.47. The normalized spacial score (nSPS) is 19.9. The van der Waals surface area contributed by atoms with Crippen molar-refractivity contribution in [1.29, 1.82) is 0 Å². The summed E-state index contributed by atoms with van der Waals surface area (Å²) in [6.07, 6.45) is 0. The second-order valence-corrected chi connectivity index (χ2v) is 4.82. The van der Waals surface area contributed by atoms with E-state index < -0.39 is 0 Å². The molecule has 17 heavy (non-hydrogen) atoms. The number of carbonyl (C=O) groups excluding carboxylic acids is 1. The molecule has 0 aromatic carbocycles. The Balaban J connectivity index is 2.30. The number of carbonyl (C=O) groups is 1. The lowest BCUT2D eigenvalue weighted by molar-refractivity contribution is -0.122. The number of hydrogen-bond donors (Lipinski definition) is 2. The second-order valence-electron chi connectivity index (χ2n) is 4.34. The van der Waals surface area contributed by atoms with Crippen LogP contribution in [0.4, 0.5) is 0 Å². The van der Waals surface area contributed by atoms with Crippen LogP contribution in [0.2, 0.25) is 0 Å². The van der Waals surface area contributed by atoms with Crippen molar-refractivity contribution in [3.8, 4) is 0 Å². The van der Waals surface area contributed by atoms with Gasteiger partial charge in [0.05, 0.1) is 17.6 Å². The van der Waals surface area contributed by atoms with Gasteiger partial charge in [-0.2, -0.15) is 0 Å². The fraction of sp³-hybridized carbons (Fsp3) is 0.818. The van der Waals surface area contributed by atoms with E-state index in [0.717, 1.165) is 26.2 Å². The van der Waals surface area contributed by atoms with Crippen LogP contribution >= 0.6 is 12.2 Å². The Hall–Kier alpha value is -0.720. The number of nitrogens with two attached hydrogens (primary N) is 1. The van der Waals surface area contributed by atoms with E-state index in [4.69, 9.17) is 18.0 Å². The van der Waals surface area contributed by atoms with Crippen molar-refractivity contribution in [1.82, 2.24) is 15.1 Å². The zero-order chi connectivity index (χ0) is 12.8. The largest absolute Gasteiger partial charge is 0.392 e. The van der Waals surface area contributed by atoms with Crippen LogP contribution in [0.3, 0.4) is 0 Å². The molecular weight excluding hydrogens is 236 g/mol. The summed E-state index contributed by atoms with van der Waals surface area (Å²) in [7, 11) is 0. The Bertz CT molecular complexity index is 277. The number of nitrogens with one attached hydrogen (secondary N) is 1. The fourth-order valence-electron chi connectivity index (χ4n) is 1.94. The molecule has 1 rings (SSSR count). The fourth-order valence-corrected chi connectivity index (χ4v) is 2.09. The van der Waals surface area contributed by atoms with Crippen LogP contribution in [-0.2, 0) is 4.79 Å². The number of thiocarbonyl (C=S) groups is 1. The molecule has 0 aromatic heterocycles. The molecule has 3 N–H and O–H groups in total. The first-order chi connectivity index (χ1) is 8.04. The van der Waals surface area contributed by atoms with Crippen molar-refractivity contribution in [2.24, 2.45) is 5.73 Å². The summed E-state index contributed by atoms with van der Waals surface area (Å²) in [4.78, 5) is 16.4. The van der Waals surface area contributed by atoms with Crippen molar-refractivity contribution >= 4 is 23.1 Å². The molecule has 5 nitrogen and oxygen atoms in total. The van der Waals surface area contributed by atoms with E-state index in [2.05, 4.69) is 15.1 Å². The van der Waals surface area contributed by atoms with Gasteiger partial charge in [-0.25, -0.2) is 0 Å². The Morgan fingerprint density at radius 2 is 2.00 bits per heavy atom. The zero-order valence-corrected chi connectivity index (χ0v) is 11.4. The molecule has 1 unspecified atom stereocenters. The van der Waals surface area contributed by atoms with Crippen LogP contribution in [0.1, 0.15) is 13.8 Å². The molecule has 1 fully saturated rings. The molecule has 0 spiro atoms. The first-order valence-electron chi connectivity index (χ1n) is 6.07. The summed E-state index contributed by atoms with van der Waals surface area (Å²) in [6, 6.07) is 0.150. The third kappa shape index (κ3) is 4.57. The molecule has 0 aromatic rings. The molecule has 1 aliphatic rings. The predicted molar refractivity (Wildman–Crippen MR) is 72.9 cm³/mol. The molecule has 1 atom stereocenters. The minimum atomic E-state index is 0.100.